The minimum atomic E-state index is -0.185. The molecule has 0 saturated heterocycles. The standard InChI is InChI=1S/C23H24BrN3O2/c1-15-13-17(7-8-19(15)24)26-22-18-10-12-29-21(18)14-20(27-22)23(28)25-11-9-16-5-3-2-4-6-16/h5,7-8,10,12-14H,2-4,6,9,11H2,1H3,(H,25,28)(H,26,27). The molecule has 150 valence electrons. The van der Waals surface area contributed by atoms with Crippen molar-refractivity contribution in [3.63, 3.8) is 0 Å². The summed E-state index contributed by atoms with van der Waals surface area (Å²) < 4.78 is 6.60. The van der Waals surface area contributed by atoms with E-state index in [2.05, 4.69) is 37.6 Å². The van der Waals surface area contributed by atoms with Gasteiger partial charge in [0.25, 0.3) is 5.91 Å². The predicted molar refractivity (Wildman–Crippen MR) is 120 cm³/mol. The van der Waals surface area contributed by atoms with Gasteiger partial charge in [0.05, 0.1) is 11.6 Å². The lowest BCUT2D eigenvalue weighted by atomic mass is 9.97. The molecule has 0 atom stereocenters. The molecule has 1 amide bonds. The highest BCUT2D eigenvalue weighted by Gasteiger charge is 2.15. The van der Waals surface area contributed by atoms with Crippen LogP contribution in [0.5, 0.6) is 0 Å². The molecule has 0 fully saturated rings. The van der Waals surface area contributed by atoms with Crippen LogP contribution in [0.25, 0.3) is 11.0 Å². The van der Waals surface area contributed by atoms with Crippen molar-refractivity contribution in [2.75, 3.05) is 11.9 Å². The van der Waals surface area contributed by atoms with Crippen molar-refractivity contribution in [2.45, 2.75) is 39.0 Å². The molecule has 2 heterocycles. The fourth-order valence-electron chi connectivity index (χ4n) is 3.60. The fourth-order valence-corrected chi connectivity index (χ4v) is 3.84. The second kappa shape index (κ2) is 8.82. The summed E-state index contributed by atoms with van der Waals surface area (Å²) in [6.45, 7) is 2.65. The summed E-state index contributed by atoms with van der Waals surface area (Å²) in [6.07, 6.45) is 9.65. The molecular formula is C23H24BrN3O2. The summed E-state index contributed by atoms with van der Waals surface area (Å²) in [5.41, 5.74) is 4.45. The summed E-state index contributed by atoms with van der Waals surface area (Å²) in [4.78, 5) is 17.3. The lowest BCUT2D eigenvalue weighted by molar-refractivity contribution is 0.0949. The second-order valence-corrected chi connectivity index (χ2v) is 8.25. The maximum Gasteiger partial charge on any atom is 0.270 e. The molecule has 5 nitrogen and oxygen atoms in total. The summed E-state index contributed by atoms with van der Waals surface area (Å²) in [5.74, 6) is 0.424. The number of hydrogen-bond donors (Lipinski definition) is 2. The lowest BCUT2D eigenvalue weighted by Crippen LogP contribution is -2.26. The topological polar surface area (TPSA) is 67.2 Å². The number of hydrogen-bond acceptors (Lipinski definition) is 4. The number of pyridine rings is 1. The molecule has 0 spiro atoms. The molecule has 3 aromatic rings. The van der Waals surface area contributed by atoms with Gasteiger partial charge >= 0.3 is 0 Å². The van der Waals surface area contributed by atoms with Gasteiger partial charge in [-0.1, -0.05) is 27.6 Å². The van der Waals surface area contributed by atoms with Gasteiger partial charge in [-0.15, -0.1) is 0 Å². The van der Waals surface area contributed by atoms with Crippen LogP contribution in [0.1, 0.15) is 48.2 Å². The Morgan fingerprint density at radius 3 is 2.93 bits per heavy atom. The maximum atomic E-state index is 12.7. The van der Waals surface area contributed by atoms with Crippen molar-refractivity contribution in [3.05, 3.63) is 64.0 Å². The Kier molecular flexibility index (Phi) is 6.00. The number of anilines is 2. The normalized spacial score (nSPS) is 13.9. The third-order valence-corrected chi connectivity index (χ3v) is 6.11. The van der Waals surface area contributed by atoms with Crippen LogP contribution in [0.4, 0.5) is 11.5 Å². The van der Waals surface area contributed by atoms with Crippen LogP contribution in [-0.2, 0) is 0 Å². The number of aromatic nitrogens is 1. The number of nitrogens with zero attached hydrogens (tertiary/aromatic N) is 1. The molecule has 6 heteroatoms. The maximum absolute atomic E-state index is 12.7. The monoisotopic (exact) mass is 453 g/mol. The Hall–Kier alpha value is -2.60. The summed E-state index contributed by atoms with van der Waals surface area (Å²) in [7, 11) is 0. The number of benzene rings is 1. The van der Waals surface area contributed by atoms with E-state index < -0.39 is 0 Å². The zero-order valence-corrected chi connectivity index (χ0v) is 18.0. The molecule has 0 bridgehead atoms. The Balaban J connectivity index is 1.51. The van der Waals surface area contributed by atoms with Crippen LogP contribution in [0, 0.1) is 6.92 Å². The average molecular weight is 454 g/mol. The van der Waals surface area contributed by atoms with Gasteiger partial charge in [-0.2, -0.15) is 0 Å². The fraction of sp³-hybridized carbons (Fsp3) is 0.304. The highest BCUT2D eigenvalue weighted by atomic mass is 79.9. The minimum Gasteiger partial charge on any atom is -0.464 e. The van der Waals surface area contributed by atoms with Gasteiger partial charge in [-0.3, -0.25) is 4.79 Å². The first-order valence-electron chi connectivity index (χ1n) is 9.98. The van der Waals surface area contributed by atoms with Crippen LogP contribution in [-0.4, -0.2) is 17.4 Å². The smallest absolute Gasteiger partial charge is 0.270 e. The molecule has 0 aliphatic heterocycles. The predicted octanol–water partition coefficient (Wildman–Crippen LogP) is 6.26. The Morgan fingerprint density at radius 2 is 2.14 bits per heavy atom. The Labute approximate surface area is 178 Å². The SMILES string of the molecule is Cc1cc(Nc2nc(C(=O)NCCC3=CCCCC3)cc3occc23)ccc1Br. The van der Waals surface area contributed by atoms with Crippen LogP contribution >= 0.6 is 15.9 Å². The average Bonchev–Trinajstić information content (AvgIpc) is 3.20. The number of nitrogens with one attached hydrogen (secondary N) is 2. The molecule has 0 radical (unpaired) electrons. The molecule has 1 aliphatic rings. The first-order chi connectivity index (χ1) is 14.1. The first kappa shape index (κ1) is 19.7. The molecule has 0 unspecified atom stereocenters. The molecule has 4 rings (SSSR count). The first-order valence-corrected chi connectivity index (χ1v) is 10.8. The van der Waals surface area contributed by atoms with Crippen molar-refractivity contribution in [1.29, 1.82) is 0 Å². The van der Waals surface area contributed by atoms with E-state index in [1.54, 1.807) is 12.3 Å². The number of rotatable bonds is 6. The third kappa shape index (κ3) is 4.70. The minimum absolute atomic E-state index is 0.185. The highest BCUT2D eigenvalue weighted by molar-refractivity contribution is 9.10. The molecule has 2 N–H and O–H groups in total. The molecule has 1 aliphatic carbocycles. The van der Waals surface area contributed by atoms with Gasteiger partial charge in [-0.25, -0.2) is 4.98 Å². The molecule has 0 saturated carbocycles. The van der Waals surface area contributed by atoms with Gasteiger partial charge in [-0.05, 0) is 68.9 Å². The van der Waals surface area contributed by atoms with E-state index >= 15 is 0 Å². The number of carbonyl (C=O) groups is 1. The van der Waals surface area contributed by atoms with E-state index in [4.69, 9.17) is 4.42 Å². The van der Waals surface area contributed by atoms with Crippen LogP contribution in [0.2, 0.25) is 0 Å². The third-order valence-electron chi connectivity index (χ3n) is 5.22. The highest BCUT2D eigenvalue weighted by Crippen LogP contribution is 2.28. The van der Waals surface area contributed by atoms with Gasteiger partial charge in [0.15, 0.2) is 0 Å². The van der Waals surface area contributed by atoms with Gasteiger partial charge in [0, 0.05) is 22.8 Å². The number of furan rings is 1. The van der Waals surface area contributed by atoms with Crippen molar-refractivity contribution in [2.24, 2.45) is 0 Å². The number of fused-ring (bicyclic) bond motifs is 1. The zero-order valence-electron chi connectivity index (χ0n) is 16.4. The van der Waals surface area contributed by atoms with E-state index in [1.165, 1.54) is 18.4 Å². The number of aryl methyl sites for hydroxylation is 1. The number of allylic oxidation sites excluding steroid dienone is 1. The summed E-state index contributed by atoms with van der Waals surface area (Å²) >= 11 is 3.52. The Morgan fingerprint density at radius 1 is 1.24 bits per heavy atom. The number of carbonyl (C=O) groups excluding carboxylic acids is 1. The number of halogens is 1. The molecule has 2 aromatic heterocycles. The van der Waals surface area contributed by atoms with Crippen LogP contribution in [0.15, 0.2) is 57.1 Å². The van der Waals surface area contributed by atoms with Gasteiger partial charge < -0.3 is 15.1 Å². The second-order valence-electron chi connectivity index (χ2n) is 7.39. The Bertz CT molecular complexity index is 1070. The van der Waals surface area contributed by atoms with Crippen molar-refractivity contribution >= 4 is 44.3 Å². The van der Waals surface area contributed by atoms with Crippen LogP contribution in [0.3, 0.4) is 0 Å². The molecule has 29 heavy (non-hydrogen) atoms. The van der Waals surface area contributed by atoms with E-state index in [9.17, 15) is 4.79 Å². The van der Waals surface area contributed by atoms with E-state index in [0.29, 0.717) is 23.6 Å². The molecular weight excluding hydrogens is 430 g/mol. The van der Waals surface area contributed by atoms with Crippen LogP contribution < -0.4 is 10.6 Å². The summed E-state index contributed by atoms with van der Waals surface area (Å²) in [6, 6.07) is 9.54. The molecule has 1 aromatic carbocycles. The van der Waals surface area contributed by atoms with E-state index in [-0.39, 0.29) is 5.91 Å². The zero-order chi connectivity index (χ0) is 20.2. The van der Waals surface area contributed by atoms with Crippen molar-refractivity contribution < 1.29 is 9.21 Å². The summed E-state index contributed by atoms with van der Waals surface area (Å²) in [5, 5.41) is 7.16. The van der Waals surface area contributed by atoms with Crippen molar-refractivity contribution in [3.8, 4) is 0 Å². The van der Waals surface area contributed by atoms with E-state index in [1.807, 2.05) is 31.2 Å². The lowest BCUT2D eigenvalue weighted by Gasteiger charge is -2.13. The van der Waals surface area contributed by atoms with Gasteiger partial charge in [0.2, 0.25) is 0 Å². The quantitative estimate of drug-likeness (QED) is 0.432. The largest absolute Gasteiger partial charge is 0.464 e. The van der Waals surface area contributed by atoms with E-state index in [0.717, 1.165) is 40.4 Å². The van der Waals surface area contributed by atoms with Crippen molar-refractivity contribution in [1.82, 2.24) is 10.3 Å². The van der Waals surface area contributed by atoms with Gasteiger partial charge in [0.1, 0.15) is 17.1 Å². The number of amides is 1.